The van der Waals surface area contributed by atoms with Crippen LogP contribution < -0.4 is 5.32 Å². The number of nitrogens with one attached hydrogen (secondary N) is 1. The molecule has 0 saturated carbocycles. The third-order valence-electron chi connectivity index (χ3n) is 3.23. The molecular formula is C14H22FN. The van der Waals surface area contributed by atoms with Crippen molar-refractivity contribution in [1.29, 1.82) is 0 Å². The van der Waals surface area contributed by atoms with Crippen LogP contribution in [0.25, 0.3) is 0 Å². The molecule has 0 aliphatic carbocycles. The topological polar surface area (TPSA) is 12.0 Å². The Balaban J connectivity index is 2.97. The SMILES string of the molecule is CNC(C)CC(C)(C)c1ccc(F)cc1C. The van der Waals surface area contributed by atoms with Crippen LogP contribution in [0.15, 0.2) is 18.2 Å². The lowest BCUT2D eigenvalue weighted by molar-refractivity contribution is 0.403. The van der Waals surface area contributed by atoms with E-state index in [4.69, 9.17) is 0 Å². The molecule has 90 valence electrons. The Bertz CT molecular complexity index is 358. The van der Waals surface area contributed by atoms with Crippen molar-refractivity contribution in [3.8, 4) is 0 Å². The molecule has 1 rings (SSSR count). The van der Waals surface area contributed by atoms with Crippen molar-refractivity contribution >= 4 is 0 Å². The van der Waals surface area contributed by atoms with Crippen LogP contribution >= 0.6 is 0 Å². The van der Waals surface area contributed by atoms with Crippen molar-refractivity contribution in [1.82, 2.24) is 5.32 Å². The molecule has 0 aromatic heterocycles. The maximum atomic E-state index is 13.1. The van der Waals surface area contributed by atoms with Crippen LogP contribution in [0.5, 0.6) is 0 Å². The lowest BCUT2D eigenvalue weighted by Gasteiger charge is -2.30. The lowest BCUT2D eigenvalue weighted by atomic mass is 9.77. The first-order chi connectivity index (χ1) is 7.36. The van der Waals surface area contributed by atoms with E-state index in [0.717, 1.165) is 12.0 Å². The minimum atomic E-state index is -0.154. The molecule has 0 fully saturated rings. The first-order valence-electron chi connectivity index (χ1n) is 5.80. The third kappa shape index (κ3) is 3.05. The summed E-state index contributed by atoms with van der Waals surface area (Å²) >= 11 is 0. The Hall–Kier alpha value is -0.890. The fraction of sp³-hybridized carbons (Fsp3) is 0.571. The number of hydrogen-bond donors (Lipinski definition) is 1. The van der Waals surface area contributed by atoms with Gasteiger partial charge in [0.25, 0.3) is 0 Å². The van der Waals surface area contributed by atoms with Crippen LogP contribution in [-0.2, 0) is 5.41 Å². The zero-order valence-corrected chi connectivity index (χ0v) is 10.9. The van der Waals surface area contributed by atoms with Crippen molar-refractivity contribution in [2.75, 3.05) is 7.05 Å². The second-order valence-electron chi connectivity index (χ2n) is 5.24. The predicted molar refractivity (Wildman–Crippen MR) is 67.3 cm³/mol. The molecule has 0 radical (unpaired) electrons. The zero-order valence-electron chi connectivity index (χ0n) is 10.9. The Morgan fingerprint density at radius 2 is 2.00 bits per heavy atom. The van der Waals surface area contributed by atoms with Crippen molar-refractivity contribution in [2.45, 2.75) is 45.6 Å². The summed E-state index contributed by atoms with van der Waals surface area (Å²) < 4.78 is 13.1. The highest BCUT2D eigenvalue weighted by atomic mass is 19.1. The first kappa shape index (κ1) is 13.2. The van der Waals surface area contributed by atoms with Gasteiger partial charge in [-0.3, -0.25) is 0 Å². The van der Waals surface area contributed by atoms with E-state index in [-0.39, 0.29) is 11.2 Å². The normalized spacial score (nSPS) is 13.9. The summed E-state index contributed by atoms with van der Waals surface area (Å²) in [5.74, 6) is -0.154. The highest BCUT2D eigenvalue weighted by Crippen LogP contribution is 2.31. The molecular weight excluding hydrogens is 201 g/mol. The summed E-state index contributed by atoms with van der Waals surface area (Å²) in [7, 11) is 1.97. The van der Waals surface area contributed by atoms with Crippen molar-refractivity contribution in [3.05, 3.63) is 35.1 Å². The minimum Gasteiger partial charge on any atom is -0.317 e. The molecule has 1 aromatic carbocycles. The Morgan fingerprint density at radius 1 is 1.38 bits per heavy atom. The summed E-state index contributed by atoms with van der Waals surface area (Å²) in [6, 6.07) is 5.53. The standard InChI is InChI=1S/C14H22FN/c1-10-8-12(15)6-7-13(10)14(3,4)9-11(2)16-5/h6-8,11,16H,9H2,1-5H3. The fourth-order valence-electron chi connectivity index (χ4n) is 2.36. The van der Waals surface area contributed by atoms with Gasteiger partial charge in [-0.25, -0.2) is 4.39 Å². The quantitative estimate of drug-likeness (QED) is 0.825. The maximum Gasteiger partial charge on any atom is 0.123 e. The average molecular weight is 223 g/mol. The van der Waals surface area contributed by atoms with E-state index in [9.17, 15) is 4.39 Å². The van der Waals surface area contributed by atoms with Gasteiger partial charge in [0.15, 0.2) is 0 Å². The molecule has 0 amide bonds. The third-order valence-corrected chi connectivity index (χ3v) is 3.23. The van der Waals surface area contributed by atoms with Crippen molar-refractivity contribution in [2.24, 2.45) is 0 Å². The van der Waals surface area contributed by atoms with E-state index in [1.54, 1.807) is 12.1 Å². The maximum absolute atomic E-state index is 13.1. The molecule has 0 saturated heterocycles. The largest absolute Gasteiger partial charge is 0.317 e. The molecule has 0 aliphatic heterocycles. The molecule has 16 heavy (non-hydrogen) atoms. The van der Waals surface area contributed by atoms with Crippen LogP contribution in [0.2, 0.25) is 0 Å². The van der Waals surface area contributed by atoms with Crippen LogP contribution in [0.4, 0.5) is 4.39 Å². The monoisotopic (exact) mass is 223 g/mol. The molecule has 1 nitrogen and oxygen atoms in total. The van der Waals surface area contributed by atoms with Gasteiger partial charge >= 0.3 is 0 Å². The Labute approximate surface area is 98.1 Å². The van der Waals surface area contributed by atoms with Crippen molar-refractivity contribution in [3.63, 3.8) is 0 Å². The van der Waals surface area contributed by atoms with Gasteiger partial charge in [0, 0.05) is 6.04 Å². The molecule has 0 heterocycles. The molecule has 1 atom stereocenters. The highest BCUT2D eigenvalue weighted by molar-refractivity contribution is 5.33. The minimum absolute atomic E-state index is 0.0697. The molecule has 0 spiro atoms. The molecule has 1 aromatic rings. The fourth-order valence-corrected chi connectivity index (χ4v) is 2.36. The number of benzene rings is 1. The summed E-state index contributed by atoms with van der Waals surface area (Å²) in [5.41, 5.74) is 2.34. The first-order valence-corrected chi connectivity index (χ1v) is 5.80. The molecule has 0 aliphatic rings. The zero-order chi connectivity index (χ0) is 12.3. The van der Waals surface area contributed by atoms with E-state index >= 15 is 0 Å². The van der Waals surface area contributed by atoms with Crippen molar-refractivity contribution < 1.29 is 4.39 Å². The molecule has 1 unspecified atom stereocenters. The number of rotatable bonds is 4. The molecule has 1 N–H and O–H groups in total. The van der Waals surface area contributed by atoms with Crippen LogP contribution in [-0.4, -0.2) is 13.1 Å². The van der Waals surface area contributed by atoms with E-state index in [2.05, 4.69) is 26.1 Å². The van der Waals surface area contributed by atoms with Crippen LogP contribution in [0.3, 0.4) is 0 Å². The number of hydrogen-bond acceptors (Lipinski definition) is 1. The number of halogens is 1. The Kier molecular flexibility index (Phi) is 4.09. The molecule has 0 bridgehead atoms. The van der Waals surface area contributed by atoms with Gasteiger partial charge in [-0.05, 0) is 56.0 Å². The van der Waals surface area contributed by atoms with Crippen LogP contribution in [0, 0.1) is 12.7 Å². The van der Waals surface area contributed by atoms with Gasteiger partial charge in [-0.1, -0.05) is 19.9 Å². The average Bonchev–Trinajstić information content (AvgIpc) is 2.16. The van der Waals surface area contributed by atoms with Crippen LogP contribution in [0.1, 0.15) is 38.3 Å². The number of aryl methyl sites for hydroxylation is 1. The second kappa shape index (κ2) is 4.96. The smallest absolute Gasteiger partial charge is 0.123 e. The van der Waals surface area contributed by atoms with Gasteiger partial charge < -0.3 is 5.32 Å². The highest BCUT2D eigenvalue weighted by Gasteiger charge is 2.24. The Morgan fingerprint density at radius 3 is 2.50 bits per heavy atom. The van der Waals surface area contributed by atoms with Gasteiger partial charge in [-0.2, -0.15) is 0 Å². The van der Waals surface area contributed by atoms with E-state index in [1.165, 1.54) is 5.56 Å². The summed E-state index contributed by atoms with van der Waals surface area (Å²) in [5, 5.41) is 3.25. The summed E-state index contributed by atoms with van der Waals surface area (Å²) in [6.07, 6.45) is 1.04. The second-order valence-corrected chi connectivity index (χ2v) is 5.24. The lowest BCUT2D eigenvalue weighted by Crippen LogP contribution is -2.31. The van der Waals surface area contributed by atoms with Gasteiger partial charge in [-0.15, -0.1) is 0 Å². The van der Waals surface area contributed by atoms with E-state index in [0.29, 0.717) is 6.04 Å². The molecule has 2 heteroatoms. The summed E-state index contributed by atoms with van der Waals surface area (Å²) in [6.45, 7) is 8.56. The predicted octanol–water partition coefficient (Wildman–Crippen LogP) is 3.41. The van der Waals surface area contributed by atoms with Gasteiger partial charge in [0.2, 0.25) is 0 Å². The van der Waals surface area contributed by atoms with Gasteiger partial charge in [0.05, 0.1) is 0 Å². The van der Waals surface area contributed by atoms with Gasteiger partial charge in [0.1, 0.15) is 5.82 Å². The van der Waals surface area contributed by atoms with E-state index < -0.39 is 0 Å². The summed E-state index contributed by atoms with van der Waals surface area (Å²) in [4.78, 5) is 0. The van der Waals surface area contributed by atoms with E-state index in [1.807, 2.05) is 20.0 Å².